The van der Waals surface area contributed by atoms with Crippen molar-refractivity contribution in [2.75, 3.05) is 5.32 Å². The van der Waals surface area contributed by atoms with Crippen molar-refractivity contribution in [3.05, 3.63) is 53.5 Å². The van der Waals surface area contributed by atoms with Gasteiger partial charge in [0.25, 0.3) is 0 Å². The summed E-state index contributed by atoms with van der Waals surface area (Å²) in [5, 5.41) is 13.5. The summed E-state index contributed by atoms with van der Waals surface area (Å²) in [5.74, 6) is 0.195. The Hall–Kier alpha value is -3.39. The molecule has 5 aromatic rings. The molecule has 30 heavy (non-hydrogen) atoms. The first kappa shape index (κ1) is 18.6. The molecule has 0 saturated heterocycles. The third-order valence-electron chi connectivity index (χ3n) is 5.00. The van der Waals surface area contributed by atoms with Crippen molar-refractivity contribution in [3.63, 3.8) is 0 Å². The number of carbonyl (C=O) groups is 1. The third-order valence-corrected chi connectivity index (χ3v) is 6.14. The maximum Gasteiger partial charge on any atom is 0.227 e. The SMILES string of the molecule is CC(C)c1nnc(NC(=O)CCn2c3ccccc3c3nc4ccccc4nc32)s1. The van der Waals surface area contributed by atoms with Crippen LogP contribution in [0.25, 0.3) is 33.1 Å². The van der Waals surface area contributed by atoms with Crippen LogP contribution in [0.2, 0.25) is 0 Å². The summed E-state index contributed by atoms with van der Waals surface area (Å²) >= 11 is 1.42. The third kappa shape index (κ3) is 3.29. The maximum absolute atomic E-state index is 12.5. The number of aryl methyl sites for hydroxylation is 1. The molecule has 0 spiro atoms. The Bertz CT molecular complexity index is 1390. The van der Waals surface area contributed by atoms with Crippen LogP contribution in [-0.2, 0) is 11.3 Å². The topological polar surface area (TPSA) is 85.6 Å². The van der Waals surface area contributed by atoms with E-state index < -0.39 is 0 Å². The summed E-state index contributed by atoms with van der Waals surface area (Å²) in [6, 6.07) is 15.9. The highest BCUT2D eigenvalue weighted by molar-refractivity contribution is 7.15. The average Bonchev–Trinajstić information content (AvgIpc) is 3.33. The van der Waals surface area contributed by atoms with Crippen LogP contribution in [0.1, 0.15) is 31.2 Å². The van der Waals surface area contributed by atoms with E-state index in [1.54, 1.807) is 0 Å². The molecule has 1 amide bonds. The molecule has 2 aromatic carbocycles. The van der Waals surface area contributed by atoms with Crippen molar-refractivity contribution < 1.29 is 4.79 Å². The number of anilines is 1. The molecule has 0 fully saturated rings. The molecule has 5 rings (SSSR count). The molecule has 0 aliphatic rings. The fourth-order valence-corrected chi connectivity index (χ4v) is 4.28. The molecule has 8 heteroatoms. The molecule has 7 nitrogen and oxygen atoms in total. The summed E-state index contributed by atoms with van der Waals surface area (Å²) in [4.78, 5) is 22.2. The van der Waals surface area contributed by atoms with Crippen molar-refractivity contribution in [1.82, 2.24) is 24.7 Å². The molecule has 0 unspecified atom stereocenters. The predicted octanol–water partition coefficient (Wildman–Crippen LogP) is 4.74. The Morgan fingerprint density at radius 2 is 1.77 bits per heavy atom. The zero-order valence-electron chi connectivity index (χ0n) is 16.7. The van der Waals surface area contributed by atoms with Gasteiger partial charge in [0.05, 0.1) is 16.6 Å². The molecule has 0 bridgehead atoms. The first-order chi connectivity index (χ1) is 14.6. The van der Waals surface area contributed by atoms with Crippen molar-refractivity contribution in [2.45, 2.75) is 32.7 Å². The minimum atomic E-state index is -0.0962. The van der Waals surface area contributed by atoms with Crippen LogP contribution in [0, 0.1) is 0 Å². The quantitative estimate of drug-likeness (QED) is 0.447. The van der Waals surface area contributed by atoms with Gasteiger partial charge in [-0.15, -0.1) is 10.2 Å². The minimum Gasteiger partial charge on any atom is -0.323 e. The number of nitrogens with one attached hydrogen (secondary N) is 1. The Morgan fingerprint density at radius 1 is 1.03 bits per heavy atom. The number of nitrogens with zero attached hydrogens (tertiary/aromatic N) is 5. The van der Waals surface area contributed by atoms with Gasteiger partial charge in [0.1, 0.15) is 10.5 Å². The van der Waals surface area contributed by atoms with E-state index in [0.29, 0.717) is 24.0 Å². The standard InChI is InChI=1S/C22H20N6OS/c1-13(2)21-26-27-22(30-21)25-18(29)11-12-28-17-10-6-3-7-14(17)19-20(28)24-16-9-5-4-8-15(16)23-19/h3-10,13H,11-12H2,1-2H3,(H,25,27,29). The molecule has 0 atom stereocenters. The first-order valence-electron chi connectivity index (χ1n) is 9.87. The van der Waals surface area contributed by atoms with Gasteiger partial charge in [-0.05, 0) is 18.2 Å². The highest BCUT2D eigenvalue weighted by atomic mass is 32.1. The Labute approximate surface area is 176 Å². The zero-order chi connectivity index (χ0) is 20.7. The number of amides is 1. The normalized spacial score (nSPS) is 11.7. The fourth-order valence-electron chi connectivity index (χ4n) is 3.52. The number of hydrogen-bond acceptors (Lipinski definition) is 6. The van der Waals surface area contributed by atoms with Crippen molar-refractivity contribution in [1.29, 1.82) is 0 Å². The van der Waals surface area contributed by atoms with Gasteiger partial charge >= 0.3 is 0 Å². The molecule has 0 radical (unpaired) electrons. The van der Waals surface area contributed by atoms with E-state index in [1.807, 2.05) is 48.5 Å². The van der Waals surface area contributed by atoms with E-state index in [2.05, 4.69) is 33.9 Å². The van der Waals surface area contributed by atoms with E-state index in [4.69, 9.17) is 9.97 Å². The van der Waals surface area contributed by atoms with Crippen molar-refractivity contribution >= 4 is 55.5 Å². The lowest BCUT2D eigenvalue weighted by molar-refractivity contribution is -0.116. The van der Waals surface area contributed by atoms with Crippen molar-refractivity contribution in [2.24, 2.45) is 0 Å². The van der Waals surface area contributed by atoms with E-state index in [-0.39, 0.29) is 5.91 Å². The lowest BCUT2D eigenvalue weighted by Gasteiger charge is -2.07. The van der Waals surface area contributed by atoms with E-state index >= 15 is 0 Å². The van der Waals surface area contributed by atoms with Gasteiger partial charge in [-0.1, -0.05) is 55.5 Å². The number of hydrogen-bond donors (Lipinski definition) is 1. The molecule has 0 aliphatic carbocycles. The second-order valence-corrected chi connectivity index (χ2v) is 8.46. The predicted molar refractivity (Wildman–Crippen MR) is 120 cm³/mol. The highest BCUT2D eigenvalue weighted by Crippen LogP contribution is 2.28. The number of benzene rings is 2. The number of carbonyl (C=O) groups excluding carboxylic acids is 1. The van der Waals surface area contributed by atoms with E-state index in [0.717, 1.165) is 38.1 Å². The van der Waals surface area contributed by atoms with Crippen LogP contribution in [0.3, 0.4) is 0 Å². The van der Waals surface area contributed by atoms with E-state index in [1.165, 1.54) is 11.3 Å². The Kier molecular flexibility index (Phi) is 4.63. The maximum atomic E-state index is 12.5. The van der Waals surface area contributed by atoms with Gasteiger partial charge in [0.15, 0.2) is 5.65 Å². The van der Waals surface area contributed by atoms with Gasteiger partial charge in [0.2, 0.25) is 11.0 Å². The number of fused-ring (bicyclic) bond motifs is 4. The molecule has 3 aromatic heterocycles. The smallest absolute Gasteiger partial charge is 0.227 e. The number of para-hydroxylation sites is 3. The lowest BCUT2D eigenvalue weighted by atomic mass is 10.2. The van der Waals surface area contributed by atoms with Gasteiger partial charge in [0, 0.05) is 24.3 Å². The van der Waals surface area contributed by atoms with Crippen LogP contribution in [-0.4, -0.2) is 30.6 Å². The van der Waals surface area contributed by atoms with E-state index in [9.17, 15) is 4.79 Å². The van der Waals surface area contributed by atoms with Crippen LogP contribution >= 0.6 is 11.3 Å². The Balaban J connectivity index is 1.46. The number of rotatable bonds is 5. The molecule has 0 aliphatic heterocycles. The van der Waals surface area contributed by atoms with Crippen LogP contribution in [0.4, 0.5) is 5.13 Å². The van der Waals surface area contributed by atoms with Gasteiger partial charge in [-0.25, -0.2) is 9.97 Å². The van der Waals surface area contributed by atoms with Crippen molar-refractivity contribution in [3.8, 4) is 0 Å². The summed E-state index contributed by atoms with van der Waals surface area (Å²) in [6.07, 6.45) is 0.304. The number of aromatic nitrogens is 5. The molecule has 3 heterocycles. The summed E-state index contributed by atoms with van der Waals surface area (Å²) < 4.78 is 2.07. The van der Waals surface area contributed by atoms with Gasteiger partial charge < -0.3 is 9.88 Å². The highest BCUT2D eigenvalue weighted by Gasteiger charge is 2.16. The van der Waals surface area contributed by atoms with Gasteiger partial charge in [-0.2, -0.15) is 0 Å². The zero-order valence-corrected chi connectivity index (χ0v) is 17.5. The molecular weight excluding hydrogens is 396 g/mol. The molecule has 150 valence electrons. The first-order valence-corrected chi connectivity index (χ1v) is 10.7. The Morgan fingerprint density at radius 3 is 2.53 bits per heavy atom. The lowest BCUT2D eigenvalue weighted by Crippen LogP contribution is -2.14. The fraction of sp³-hybridized carbons (Fsp3) is 0.227. The second kappa shape index (κ2) is 7.46. The van der Waals surface area contributed by atoms with Gasteiger partial charge in [-0.3, -0.25) is 4.79 Å². The average molecular weight is 417 g/mol. The summed E-state index contributed by atoms with van der Waals surface area (Å²) in [7, 11) is 0. The summed E-state index contributed by atoms with van der Waals surface area (Å²) in [6.45, 7) is 4.61. The molecule has 1 N–H and O–H groups in total. The molecular formula is C22H20N6OS. The largest absolute Gasteiger partial charge is 0.323 e. The monoisotopic (exact) mass is 416 g/mol. The summed E-state index contributed by atoms with van der Waals surface area (Å²) in [5.41, 5.74) is 4.38. The van der Waals surface area contributed by atoms with Crippen LogP contribution in [0.5, 0.6) is 0 Å². The second-order valence-electron chi connectivity index (χ2n) is 7.45. The van der Waals surface area contributed by atoms with Crippen LogP contribution < -0.4 is 5.32 Å². The molecule has 0 saturated carbocycles. The minimum absolute atomic E-state index is 0.0962. The van der Waals surface area contributed by atoms with Crippen LogP contribution in [0.15, 0.2) is 48.5 Å².